The van der Waals surface area contributed by atoms with Crippen molar-refractivity contribution in [2.24, 2.45) is 5.10 Å². The average Bonchev–Trinajstić information content (AvgIpc) is 3.61. The molecule has 6 rings (SSSR count). The molecule has 1 fully saturated rings. The number of Topliss-reactive ketones (excluding diaryl/α,β-unsaturated/α-hetero) is 1. The van der Waals surface area contributed by atoms with Gasteiger partial charge in [-0.3, -0.25) is 19.5 Å². The molecule has 0 radical (unpaired) electrons. The Balaban J connectivity index is 1.22. The van der Waals surface area contributed by atoms with Crippen LogP contribution in [0.2, 0.25) is 0 Å². The number of rotatable bonds is 7. The molecule has 3 aliphatic heterocycles. The first-order chi connectivity index (χ1) is 19.0. The molecule has 1 saturated heterocycles. The zero-order valence-electron chi connectivity index (χ0n) is 21.9. The highest BCUT2D eigenvalue weighted by Crippen LogP contribution is 2.48. The van der Waals surface area contributed by atoms with E-state index < -0.39 is 5.41 Å². The summed E-state index contributed by atoms with van der Waals surface area (Å²) in [6, 6.07) is 17.5. The largest absolute Gasteiger partial charge is 0.489 e. The lowest BCUT2D eigenvalue weighted by molar-refractivity contribution is -0.111. The third-order valence-electron chi connectivity index (χ3n) is 8.12. The van der Waals surface area contributed by atoms with Crippen LogP contribution in [0.15, 0.2) is 76.4 Å². The molecule has 0 spiro atoms. The lowest BCUT2D eigenvalue weighted by atomic mass is 9.67. The molecule has 3 aromatic rings. The second-order valence-electron chi connectivity index (χ2n) is 10.3. The number of hydrogen-bond acceptors (Lipinski definition) is 7. The van der Waals surface area contributed by atoms with Gasteiger partial charge < -0.3 is 14.1 Å². The van der Waals surface area contributed by atoms with Gasteiger partial charge in [0.05, 0.1) is 11.7 Å². The summed E-state index contributed by atoms with van der Waals surface area (Å²) in [6.45, 7) is 5.51. The summed E-state index contributed by atoms with van der Waals surface area (Å²) in [5.41, 5.74) is 1.32. The number of amides is 1. The van der Waals surface area contributed by atoms with Crippen LogP contribution in [-0.2, 0) is 10.2 Å². The molecule has 1 aromatic heterocycles. The summed E-state index contributed by atoms with van der Waals surface area (Å²) in [5.74, 6) is 0.372. The van der Waals surface area contributed by atoms with E-state index in [0.717, 1.165) is 31.6 Å². The molecule has 202 valence electrons. The van der Waals surface area contributed by atoms with Gasteiger partial charge in [-0.15, -0.1) is 0 Å². The van der Waals surface area contributed by atoms with E-state index in [4.69, 9.17) is 14.3 Å². The van der Waals surface area contributed by atoms with E-state index in [2.05, 4.69) is 4.90 Å². The molecule has 0 N–H and O–H groups in total. The van der Waals surface area contributed by atoms with Crippen LogP contribution in [0.1, 0.15) is 35.9 Å². The van der Waals surface area contributed by atoms with Crippen molar-refractivity contribution in [2.75, 3.05) is 44.3 Å². The Kier molecular flexibility index (Phi) is 6.68. The number of ether oxygens (including phenoxy) is 1. The lowest BCUT2D eigenvalue weighted by Gasteiger charge is -2.42. The normalized spacial score (nSPS) is 22.6. The zero-order valence-corrected chi connectivity index (χ0v) is 21.9. The smallest absolute Gasteiger partial charge is 0.289 e. The lowest BCUT2D eigenvalue weighted by Crippen LogP contribution is -2.54. The number of piperazine rings is 1. The SMILES string of the molecule is CC(=O)C1=NN2c3cc(F)ccc3OCC2[C@@]1(CCCN1CCN(C(=O)c2ccco2)CC1)c1ccccc1. The fourth-order valence-electron chi connectivity index (χ4n) is 6.22. The van der Waals surface area contributed by atoms with Crippen molar-refractivity contribution >= 4 is 23.1 Å². The van der Waals surface area contributed by atoms with E-state index in [1.807, 2.05) is 35.2 Å². The van der Waals surface area contributed by atoms with E-state index >= 15 is 0 Å². The Morgan fingerprint density at radius 2 is 1.85 bits per heavy atom. The van der Waals surface area contributed by atoms with Gasteiger partial charge >= 0.3 is 0 Å². The first kappa shape index (κ1) is 25.3. The Hall–Kier alpha value is -3.98. The van der Waals surface area contributed by atoms with E-state index in [9.17, 15) is 14.0 Å². The maximum atomic E-state index is 14.3. The second kappa shape index (κ2) is 10.3. The van der Waals surface area contributed by atoms with Crippen molar-refractivity contribution < 1.29 is 23.1 Å². The average molecular weight is 531 g/mol. The summed E-state index contributed by atoms with van der Waals surface area (Å²) in [6.07, 6.45) is 3.01. The topological polar surface area (TPSA) is 78.6 Å². The van der Waals surface area contributed by atoms with Crippen molar-refractivity contribution in [3.8, 4) is 5.75 Å². The van der Waals surface area contributed by atoms with Gasteiger partial charge in [-0.25, -0.2) is 4.39 Å². The third-order valence-corrected chi connectivity index (χ3v) is 8.12. The summed E-state index contributed by atoms with van der Waals surface area (Å²) in [5, 5.41) is 6.62. The number of carbonyl (C=O) groups excluding carboxylic acids is 2. The van der Waals surface area contributed by atoms with Gasteiger partial charge in [0.25, 0.3) is 5.91 Å². The molecule has 9 heteroatoms. The number of carbonyl (C=O) groups is 2. The molecule has 0 aliphatic carbocycles. The van der Waals surface area contributed by atoms with E-state index in [1.165, 1.54) is 18.4 Å². The van der Waals surface area contributed by atoms with Gasteiger partial charge in [-0.1, -0.05) is 30.3 Å². The van der Waals surface area contributed by atoms with Crippen molar-refractivity contribution in [3.63, 3.8) is 0 Å². The molecular formula is C30H31FN4O4. The van der Waals surface area contributed by atoms with Crippen LogP contribution in [0.5, 0.6) is 5.75 Å². The molecule has 1 amide bonds. The number of anilines is 1. The van der Waals surface area contributed by atoms with E-state index in [-0.39, 0.29) is 23.5 Å². The molecule has 0 bridgehead atoms. The molecule has 3 aliphatic rings. The predicted molar refractivity (Wildman–Crippen MR) is 145 cm³/mol. The quantitative estimate of drug-likeness (QED) is 0.457. The van der Waals surface area contributed by atoms with Crippen LogP contribution >= 0.6 is 0 Å². The van der Waals surface area contributed by atoms with Gasteiger partial charge in [0.1, 0.15) is 35.6 Å². The van der Waals surface area contributed by atoms with E-state index in [1.54, 1.807) is 30.1 Å². The fraction of sp³-hybridized carbons (Fsp3) is 0.367. The molecular weight excluding hydrogens is 499 g/mol. The van der Waals surface area contributed by atoms with Crippen molar-refractivity contribution in [3.05, 3.63) is 84.1 Å². The molecule has 4 heterocycles. The number of ketones is 1. The molecule has 39 heavy (non-hydrogen) atoms. The molecule has 1 unspecified atom stereocenters. The Bertz CT molecular complexity index is 1390. The number of hydrazone groups is 1. The Labute approximate surface area is 226 Å². The van der Waals surface area contributed by atoms with Crippen LogP contribution < -0.4 is 9.75 Å². The number of fused-ring (bicyclic) bond motifs is 3. The molecule has 2 aromatic carbocycles. The highest BCUT2D eigenvalue weighted by Gasteiger charge is 2.55. The van der Waals surface area contributed by atoms with E-state index in [0.29, 0.717) is 49.0 Å². The van der Waals surface area contributed by atoms with Crippen molar-refractivity contribution in [2.45, 2.75) is 31.2 Å². The highest BCUT2D eigenvalue weighted by atomic mass is 19.1. The zero-order chi connectivity index (χ0) is 27.0. The number of nitrogens with zero attached hydrogens (tertiary/aromatic N) is 4. The first-order valence-corrected chi connectivity index (χ1v) is 13.4. The van der Waals surface area contributed by atoms with Gasteiger partial charge in [0, 0.05) is 39.2 Å². The number of halogens is 1. The standard InChI is InChI=1S/C30H31FN4O4/c1-21(36)28-30(22-7-3-2-4-8-22,27-20-39-25-11-10-23(31)19-24(25)35(27)32-28)12-6-13-33-14-16-34(17-15-33)29(37)26-9-5-18-38-26/h2-5,7-11,18-19,27H,6,12-17,20H2,1H3/t27?,30-/m1/s1. The first-order valence-electron chi connectivity index (χ1n) is 13.4. The highest BCUT2D eigenvalue weighted by molar-refractivity contribution is 6.43. The van der Waals surface area contributed by atoms with Gasteiger partial charge in [-0.05, 0) is 49.2 Å². The van der Waals surface area contributed by atoms with Crippen molar-refractivity contribution in [1.29, 1.82) is 0 Å². The molecule has 8 nitrogen and oxygen atoms in total. The summed E-state index contributed by atoms with van der Waals surface area (Å²) in [4.78, 5) is 29.9. The number of furan rings is 1. The maximum Gasteiger partial charge on any atom is 0.289 e. The minimum Gasteiger partial charge on any atom is -0.489 e. The maximum absolute atomic E-state index is 14.3. The van der Waals surface area contributed by atoms with Crippen molar-refractivity contribution in [1.82, 2.24) is 9.80 Å². The monoisotopic (exact) mass is 530 g/mol. The minimum atomic E-state index is -0.700. The van der Waals surface area contributed by atoms with Gasteiger partial charge in [0.15, 0.2) is 11.5 Å². The summed E-state index contributed by atoms with van der Waals surface area (Å²) < 4.78 is 25.6. The Morgan fingerprint density at radius 1 is 1.05 bits per heavy atom. The minimum absolute atomic E-state index is 0.0787. The Morgan fingerprint density at radius 3 is 2.56 bits per heavy atom. The number of benzene rings is 2. The third kappa shape index (κ3) is 4.50. The van der Waals surface area contributed by atoms with Crippen LogP contribution in [0.25, 0.3) is 0 Å². The van der Waals surface area contributed by atoms with Crippen LogP contribution in [0.3, 0.4) is 0 Å². The predicted octanol–water partition coefficient (Wildman–Crippen LogP) is 4.12. The fourth-order valence-corrected chi connectivity index (χ4v) is 6.22. The molecule has 2 atom stereocenters. The van der Waals surface area contributed by atoms with Crippen LogP contribution in [-0.4, -0.2) is 72.6 Å². The summed E-state index contributed by atoms with van der Waals surface area (Å²) in [7, 11) is 0. The summed E-state index contributed by atoms with van der Waals surface area (Å²) >= 11 is 0. The number of hydrogen-bond donors (Lipinski definition) is 0. The van der Waals surface area contributed by atoms with Gasteiger partial charge in [0.2, 0.25) is 0 Å². The van der Waals surface area contributed by atoms with Crippen LogP contribution in [0.4, 0.5) is 10.1 Å². The van der Waals surface area contributed by atoms with Crippen LogP contribution in [0, 0.1) is 5.82 Å². The van der Waals surface area contributed by atoms with Gasteiger partial charge in [-0.2, -0.15) is 5.10 Å². The second-order valence-corrected chi connectivity index (χ2v) is 10.3. The molecule has 0 saturated carbocycles.